The second-order valence-corrected chi connectivity index (χ2v) is 7.01. The first-order valence-electron chi connectivity index (χ1n) is 9.82. The smallest absolute Gasteiger partial charge is 0.271 e. The number of carbonyl (C=O) groups excluding carboxylic acids is 3. The lowest BCUT2D eigenvalue weighted by Gasteiger charge is -2.24. The van der Waals surface area contributed by atoms with Crippen molar-refractivity contribution in [2.75, 3.05) is 18.5 Å². The van der Waals surface area contributed by atoms with Crippen molar-refractivity contribution in [3.8, 4) is 5.75 Å². The maximum Gasteiger partial charge on any atom is 0.271 e. The fraction of sp³-hybridized carbons (Fsp3) is 0.286. The molecule has 1 atom stereocenters. The summed E-state index contributed by atoms with van der Waals surface area (Å²) in [6.07, 6.45) is 2.76. The number of hydrazine groups is 1. The molecule has 9 nitrogen and oxygen atoms in total. The van der Waals surface area contributed by atoms with Gasteiger partial charge in [-0.2, -0.15) is 0 Å². The van der Waals surface area contributed by atoms with Gasteiger partial charge in [0, 0.05) is 30.7 Å². The van der Waals surface area contributed by atoms with Crippen LogP contribution < -0.4 is 15.5 Å². The molecule has 1 aliphatic heterocycles. The van der Waals surface area contributed by atoms with Gasteiger partial charge in [-0.3, -0.25) is 29.7 Å². The summed E-state index contributed by atoms with van der Waals surface area (Å²) >= 11 is 5.36. The third kappa shape index (κ3) is 5.15. The summed E-state index contributed by atoms with van der Waals surface area (Å²) in [5.41, 5.74) is 3.49. The molecule has 1 aromatic carbocycles. The first-order valence-corrected chi connectivity index (χ1v) is 10.2. The summed E-state index contributed by atoms with van der Waals surface area (Å²) in [6, 6.07) is 9.23. The van der Waals surface area contributed by atoms with Gasteiger partial charge in [-0.1, -0.05) is 6.07 Å². The minimum atomic E-state index is -0.955. The Bertz CT molecular complexity index is 985. The van der Waals surface area contributed by atoms with Gasteiger partial charge in [0.1, 0.15) is 11.8 Å². The zero-order chi connectivity index (χ0) is 22.4. The molecule has 1 aliphatic rings. The predicted octanol–water partition coefficient (Wildman–Crippen LogP) is 1.97. The maximum atomic E-state index is 12.8. The lowest BCUT2D eigenvalue weighted by atomic mass is 10.2. The highest BCUT2D eigenvalue weighted by atomic mass is 32.1. The Morgan fingerprint density at radius 3 is 2.71 bits per heavy atom. The molecule has 3 amide bonds. The number of hydrogen-bond acceptors (Lipinski definition) is 6. The third-order valence-electron chi connectivity index (χ3n) is 4.57. The van der Waals surface area contributed by atoms with Crippen molar-refractivity contribution in [1.29, 1.82) is 0 Å². The summed E-state index contributed by atoms with van der Waals surface area (Å²) in [5, 5.41) is 4.17. The van der Waals surface area contributed by atoms with Crippen LogP contribution in [0.15, 0.2) is 48.8 Å². The number of aromatic nitrogens is 1. The van der Waals surface area contributed by atoms with Crippen molar-refractivity contribution >= 4 is 40.7 Å². The van der Waals surface area contributed by atoms with E-state index in [0.29, 0.717) is 30.2 Å². The molecule has 1 unspecified atom stereocenters. The lowest BCUT2D eigenvalue weighted by molar-refractivity contribution is -0.130. The Labute approximate surface area is 185 Å². The Kier molecular flexibility index (Phi) is 7.14. The van der Waals surface area contributed by atoms with E-state index in [1.165, 1.54) is 16.1 Å². The number of thiocarbonyl (C=S) groups is 1. The van der Waals surface area contributed by atoms with Crippen LogP contribution in [0.1, 0.15) is 30.6 Å². The average molecular weight is 442 g/mol. The first-order chi connectivity index (χ1) is 14.9. The molecule has 1 saturated heterocycles. The zero-order valence-electron chi connectivity index (χ0n) is 17.2. The van der Waals surface area contributed by atoms with E-state index >= 15 is 0 Å². The van der Waals surface area contributed by atoms with Crippen molar-refractivity contribution in [3.63, 3.8) is 0 Å². The van der Waals surface area contributed by atoms with Crippen molar-refractivity contribution in [1.82, 2.24) is 20.3 Å². The molecule has 1 fully saturated rings. The average Bonchev–Trinajstić information content (AvgIpc) is 2.98. The second kappa shape index (κ2) is 9.98. The number of pyridine rings is 1. The van der Waals surface area contributed by atoms with Crippen LogP contribution in [0, 0.1) is 0 Å². The standard InChI is InChI=1S/C21H23N5O4S/c1-3-25-20(29)17(12-18(27)23-15-8-5-9-16(11-15)30-4-2)26(21(25)31)24-19(28)14-7-6-10-22-13-14/h5-11,13,17H,3-4,12H2,1-2H3,(H,23,27)(H,24,28). The molecule has 1 aromatic heterocycles. The fourth-order valence-electron chi connectivity index (χ4n) is 3.13. The van der Waals surface area contributed by atoms with Gasteiger partial charge in [-0.05, 0) is 50.3 Å². The van der Waals surface area contributed by atoms with E-state index in [-0.39, 0.29) is 17.4 Å². The Hall–Kier alpha value is -3.53. The highest BCUT2D eigenvalue weighted by Crippen LogP contribution is 2.21. The predicted molar refractivity (Wildman–Crippen MR) is 118 cm³/mol. The molecule has 0 radical (unpaired) electrons. The number of nitrogens with zero attached hydrogens (tertiary/aromatic N) is 3. The number of amides is 3. The molecule has 31 heavy (non-hydrogen) atoms. The topological polar surface area (TPSA) is 104 Å². The highest BCUT2D eigenvalue weighted by Gasteiger charge is 2.43. The Morgan fingerprint density at radius 2 is 2.03 bits per heavy atom. The number of nitrogens with one attached hydrogen (secondary N) is 2. The van der Waals surface area contributed by atoms with Gasteiger partial charge in [-0.25, -0.2) is 5.01 Å². The largest absolute Gasteiger partial charge is 0.494 e. The minimum Gasteiger partial charge on any atom is -0.494 e. The Balaban J connectivity index is 1.74. The van der Waals surface area contributed by atoms with Crippen LogP contribution >= 0.6 is 12.2 Å². The van der Waals surface area contributed by atoms with Gasteiger partial charge >= 0.3 is 0 Å². The quantitative estimate of drug-likeness (QED) is 0.604. The number of anilines is 1. The van der Waals surface area contributed by atoms with Crippen LogP contribution in [-0.4, -0.2) is 56.9 Å². The molecule has 162 valence electrons. The highest BCUT2D eigenvalue weighted by molar-refractivity contribution is 7.80. The molecular weight excluding hydrogens is 418 g/mol. The molecule has 0 spiro atoms. The third-order valence-corrected chi connectivity index (χ3v) is 4.99. The van der Waals surface area contributed by atoms with Crippen LogP contribution in [-0.2, 0) is 9.59 Å². The Morgan fingerprint density at radius 1 is 1.23 bits per heavy atom. The summed E-state index contributed by atoms with van der Waals surface area (Å²) in [5.74, 6) is -0.595. The first kappa shape index (κ1) is 22.2. The second-order valence-electron chi connectivity index (χ2n) is 6.65. The maximum absolute atomic E-state index is 12.8. The lowest BCUT2D eigenvalue weighted by Crippen LogP contribution is -2.49. The van der Waals surface area contributed by atoms with Crippen LogP contribution in [0.5, 0.6) is 5.75 Å². The van der Waals surface area contributed by atoms with E-state index in [1.54, 1.807) is 49.5 Å². The van der Waals surface area contributed by atoms with Gasteiger partial charge in [0.25, 0.3) is 11.8 Å². The van der Waals surface area contributed by atoms with Crippen molar-refractivity contribution < 1.29 is 19.1 Å². The van der Waals surface area contributed by atoms with Gasteiger partial charge in [0.2, 0.25) is 5.91 Å². The number of rotatable bonds is 8. The zero-order valence-corrected chi connectivity index (χ0v) is 18.0. The van der Waals surface area contributed by atoms with E-state index in [9.17, 15) is 14.4 Å². The van der Waals surface area contributed by atoms with E-state index in [2.05, 4.69) is 15.7 Å². The van der Waals surface area contributed by atoms with Crippen molar-refractivity contribution in [2.45, 2.75) is 26.3 Å². The van der Waals surface area contributed by atoms with Crippen LogP contribution in [0.25, 0.3) is 0 Å². The summed E-state index contributed by atoms with van der Waals surface area (Å²) in [4.78, 5) is 43.3. The molecule has 10 heteroatoms. The fourth-order valence-corrected chi connectivity index (χ4v) is 3.52. The van der Waals surface area contributed by atoms with Crippen molar-refractivity contribution in [3.05, 3.63) is 54.4 Å². The van der Waals surface area contributed by atoms with Crippen LogP contribution in [0.3, 0.4) is 0 Å². The number of ether oxygens (including phenoxy) is 1. The SMILES string of the molecule is CCOc1cccc(NC(=O)CC2C(=O)N(CC)C(=S)N2NC(=O)c2cccnc2)c1. The van der Waals surface area contributed by atoms with Crippen molar-refractivity contribution in [2.24, 2.45) is 0 Å². The molecule has 2 N–H and O–H groups in total. The summed E-state index contributed by atoms with van der Waals surface area (Å²) < 4.78 is 5.43. The van der Waals surface area contributed by atoms with Crippen LogP contribution in [0.4, 0.5) is 5.69 Å². The summed E-state index contributed by atoms with van der Waals surface area (Å²) in [6.45, 7) is 4.47. The van der Waals surface area contributed by atoms with E-state index in [0.717, 1.165) is 0 Å². The van der Waals surface area contributed by atoms with E-state index < -0.39 is 17.9 Å². The number of benzene rings is 1. The van der Waals surface area contributed by atoms with Gasteiger partial charge in [-0.15, -0.1) is 0 Å². The van der Waals surface area contributed by atoms with Gasteiger partial charge < -0.3 is 10.1 Å². The monoisotopic (exact) mass is 441 g/mol. The van der Waals surface area contributed by atoms with E-state index in [4.69, 9.17) is 17.0 Å². The van der Waals surface area contributed by atoms with Gasteiger partial charge in [0.15, 0.2) is 5.11 Å². The molecule has 3 rings (SSSR count). The normalized spacial score (nSPS) is 15.7. The molecule has 2 aromatic rings. The van der Waals surface area contributed by atoms with E-state index in [1.807, 2.05) is 6.92 Å². The van der Waals surface area contributed by atoms with Gasteiger partial charge in [0.05, 0.1) is 18.6 Å². The molecule has 2 heterocycles. The minimum absolute atomic E-state index is 0.140. The molecule has 0 aliphatic carbocycles. The number of likely N-dealkylation sites (N-methyl/N-ethyl adjacent to an activating group) is 1. The molecular formula is C21H23N5O4S. The molecule has 0 bridgehead atoms. The molecule has 0 saturated carbocycles. The summed E-state index contributed by atoms with van der Waals surface area (Å²) in [7, 11) is 0. The number of hydrogen-bond donors (Lipinski definition) is 2. The number of carbonyl (C=O) groups is 3. The van der Waals surface area contributed by atoms with Crippen LogP contribution in [0.2, 0.25) is 0 Å².